The number of benzene rings is 2. The predicted octanol–water partition coefficient (Wildman–Crippen LogP) is 4.90. The Morgan fingerprint density at radius 3 is 2.41 bits per heavy atom. The van der Waals surface area contributed by atoms with Crippen molar-refractivity contribution in [3.05, 3.63) is 63.2 Å². The van der Waals surface area contributed by atoms with Crippen LogP contribution in [0.1, 0.15) is 37.5 Å². The van der Waals surface area contributed by atoms with Crippen LogP contribution in [0.3, 0.4) is 0 Å². The Bertz CT molecular complexity index is 1040. The number of nitro benzene ring substituents is 1. The van der Waals surface area contributed by atoms with E-state index in [-0.39, 0.29) is 23.5 Å². The van der Waals surface area contributed by atoms with E-state index in [9.17, 15) is 33.7 Å². The first-order valence-electron chi connectivity index (χ1n) is 8.70. The fourth-order valence-electron chi connectivity index (χ4n) is 3.71. The highest BCUT2D eigenvalue weighted by Crippen LogP contribution is 2.53. The number of phenols is 1. The van der Waals surface area contributed by atoms with Crippen molar-refractivity contribution < 1.29 is 23.2 Å². The number of alkyl halides is 3. The fraction of sp³-hybridized carbons (Fsp3) is 0.350. The van der Waals surface area contributed by atoms with Gasteiger partial charge in [-0.1, -0.05) is 13.8 Å². The molecule has 1 aliphatic rings. The van der Waals surface area contributed by atoms with Crippen molar-refractivity contribution in [1.82, 2.24) is 0 Å². The van der Waals surface area contributed by atoms with E-state index in [1.54, 1.807) is 25.7 Å². The minimum absolute atomic E-state index is 0.0840. The van der Waals surface area contributed by atoms with Gasteiger partial charge in [-0.15, -0.1) is 0 Å². The lowest BCUT2D eigenvalue weighted by atomic mass is 9.72. The van der Waals surface area contributed by atoms with Gasteiger partial charge in [-0.25, -0.2) is 0 Å². The van der Waals surface area contributed by atoms with Gasteiger partial charge >= 0.3 is 6.18 Å². The van der Waals surface area contributed by atoms with Crippen LogP contribution < -0.4 is 4.90 Å². The van der Waals surface area contributed by atoms with E-state index in [1.165, 1.54) is 18.2 Å². The Morgan fingerprint density at radius 2 is 1.86 bits per heavy atom. The van der Waals surface area contributed by atoms with Crippen LogP contribution in [-0.4, -0.2) is 15.6 Å². The third-order valence-corrected chi connectivity index (χ3v) is 5.86. The summed E-state index contributed by atoms with van der Waals surface area (Å²) in [5.74, 6) is -0.200. The number of nitriles is 1. The van der Waals surface area contributed by atoms with Crippen molar-refractivity contribution in [2.45, 2.75) is 44.4 Å². The average molecular weight is 405 g/mol. The minimum Gasteiger partial charge on any atom is -0.508 e. The highest BCUT2D eigenvalue weighted by atomic mass is 19.4. The van der Waals surface area contributed by atoms with E-state index >= 15 is 0 Å². The molecule has 1 heterocycles. The van der Waals surface area contributed by atoms with Crippen LogP contribution >= 0.6 is 0 Å². The largest absolute Gasteiger partial charge is 0.508 e. The molecule has 0 saturated heterocycles. The van der Waals surface area contributed by atoms with Crippen molar-refractivity contribution in [3.63, 3.8) is 0 Å². The summed E-state index contributed by atoms with van der Waals surface area (Å²) in [5.41, 5.74) is -2.32. The zero-order valence-corrected chi connectivity index (χ0v) is 15.9. The van der Waals surface area contributed by atoms with Gasteiger partial charge in [0.2, 0.25) is 0 Å². The molecule has 1 N–H and O–H groups in total. The van der Waals surface area contributed by atoms with Crippen LogP contribution in [0, 0.1) is 21.4 Å². The Labute approximate surface area is 164 Å². The van der Waals surface area contributed by atoms with Crippen molar-refractivity contribution in [2.75, 3.05) is 4.90 Å². The standard InChI is InChI=1S/C20H18F3N3O3/c1-18(2)15-9-13(20(21,22)23)4-6-16(15)25(19(18,3)11-24)10-12-8-14(26(28)29)5-7-17(12)27/h4-9,27H,10H2,1-3H3. The zero-order valence-electron chi connectivity index (χ0n) is 15.9. The number of anilines is 1. The van der Waals surface area contributed by atoms with Gasteiger partial charge in [-0.2, -0.15) is 18.4 Å². The maximum Gasteiger partial charge on any atom is 0.416 e. The molecule has 2 aromatic rings. The molecule has 0 saturated carbocycles. The second-order valence-corrected chi connectivity index (χ2v) is 7.69. The van der Waals surface area contributed by atoms with Gasteiger partial charge < -0.3 is 10.0 Å². The number of nitrogens with zero attached hydrogens (tertiary/aromatic N) is 3. The Morgan fingerprint density at radius 1 is 1.21 bits per heavy atom. The monoisotopic (exact) mass is 405 g/mol. The number of hydrogen-bond acceptors (Lipinski definition) is 5. The second-order valence-electron chi connectivity index (χ2n) is 7.69. The van der Waals surface area contributed by atoms with Crippen molar-refractivity contribution in [2.24, 2.45) is 0 Å². The van der Waals surface area contributed by atoms with Crippen molar-refractivity contribution >= 4 is 11.4 Å². The quantitative estimate of drug-likeness (QED) is 0.579. The summed E-state index contributed by atoms with van der Waals surface area (Å²) in [5, 5.41) is 31.2. The normalized spacial score (nSPS) is 20.2. The van der Waals surface area contributed by atoms with E-state index in [1.807, 2.05) is 0 Å². The van der Waals surface area contributed by atoms with Gasteiger partial charge in [-0.05, 0) is 36.8 Å². The highest BCUT2D eigenvalue weighted by molar-refractivity contribution is 5.70. The number of hydrogen-bond donors (Lipinski definition) is 1. The zero-order chi connectivity index (χ0) is 21.8. The van der Waals surface area contributed by atoms with Crippen molar-refractivity contribution in [1.29, 1.82) is 5.26 Å². The Balaban J connectivity index is 2.17. The predicted molar refractivity (Wildman–Crippen MR) is 99.4 cm³/mol. The molecule has 152 valence electrons. The van der Waals surface area contributed by atoms with Gasteiger partial charge in [-0.3, -0.25) is 10.1 Å². The van der Waals surface area contributed by atoms with E-state index in [0.717, 1.165) is 18.2 Å². The molecule has 0 radical (unpaired) electrons. The van der Waals surface area contributed by atoms with Gasteiger partial charge in [0.1, 0.15) is 11.3 Å². The molecule has 0 aromatic heterocycles. The number of halogens is 3. The lowest BCUT2D eigenvalue weighted by Crippen LogP contribution is -2.52. The molecular weight excluding hydrogens is 387 g/mol. The molecule has 0 aliphatic carbocycles. The maximum atomic E-state index is 13.2. The summed E-state index contributed by atoms with van der Waals surface area (Å²) >= 11 is 0. The number of rotatable bonds is 3. The van der Waals surface area contributed by atoms with Gasteiger partial charge in [0.15, 0.2) is 0 Å². The second kappa shape index (κ2) is 6.37. The van der Waals surface area contributed by atoms with Crippen LogP contribution in [0.5, 0.6) is 5.75 Å². The summed E-state index contributed by atoms with van der Waals surface area (Å²) in [6.07, 6.45) is -4.53. The summed E-state index contributed by atoms with van der Waals surface area (Å²) < 4.78 is 39.7. The fourth-order valence-corrected chi connectivity index (χ4v) is 3.71. The highest BCUT2D eigenvalue weighted by Gasteiger charge is 2.55. The molecule has 0 spiro atoms. The minimum atomic E-state index is -4.53. The molecule has 0 amide bonds. The maximum absolute atomic E-state index is 13.2. The summed E-state index contributed by atoms with van der Waals surface area (Å²) in [7, 11) is 0. The summed E-state index contributed by atoms with van der Waals surface area (Å²) in [4.78, 5) is 12.0. The number of non-ortho nitro benzene ring substituents is 1. The SMILES string of the molecule is CC1(C)c2cc(C(F)(F)F)ccc2N(Cc2cc([N+](=O)[O-])ccc2O)C1(C)C#N. The average Bonchev–Trinajstić information content (AvgIpc) is 2.80. The number of nitro groups is 1. The topological polar surface area (TPSA) is 90.4 Å². The summed E-state index contributed by atoms with van der Waals surface area (Å²) in [6, 6.07) is 9.01. The molecule has 29 heavy (non-hydrogen) atoms. The van der Waals surface area contributed by atoms with E-state index in [2.05, 4.69) is 6.07 Å². The van der Waals surface area contributed by atoms with Crippen LogP contribution in [0.15, 0.2) is 36.4 Å². The van der Waals surface area contributed by atoms with Gasteiger partial charge in [0.05, 0.1) is 16.6 Å². The first-order chi connectivity index (χ1) is 13.3. The van der Waals surface area contributed by atoms with E-state index in [0.29, 0.717) is 11.3 Å². The third kappa shape index (κ3) is 3.05. The molecular formula is C20H18F3N3O3. The number of aromatic hydroxyl groups is 1. The van der Waals surface area contributed by atoms with E-state index in [4.69, 9.17) is 0 Å². The number of phenolic OH excluding ortho intramolecular Hbond substituents is 1. The number of fused-ring (bicyclic) bond motifs is 1. The van der Waals surface area contributed by atoms with E-state index < -0.39 is 27.6 Å². The molecule has 1 atom stereocenters. The van der Waals surface area contributed by atoms with Crippen LogP contribution in [0.2, 0.25) is 0 Å². The molecule has 0 bridgehead atoms. The molecule has 3 rings (SSSR count). The molecule has 1 unspecified atom stereocenters. The Hall–Kier alpha value is -3.28. The van der Waals surface area contributed by atoms with Crippen LogP contribution in [-0.2, 0) is 18.1 Å². The van der Waals surface area contributed by atoms with Crippen LogP contribution in [0.4, 0.5) is 24.5 Å². The molecule has 0 fully saturated rings. The molecule has 1 aliphatic heterocycles. The molecule has 6 nitrogen and oxygen atoms in total. The third-order valence-electron chi connectivity index (χ3n) is 5.86. The van der Waals surface area contributed by atoms with Crippen LogP contribution in [0.25, 0.3) is 0 Å². The lowest BCUT2D eigenvalue weighted by molar-refractivity contribution is -0.384. The molecule has 2 aromatic carbocycles. The Kier molecular flexibility index (Phi) is 4.49. The lowest BCUT2D eigenvalue weighted by Gasteiger charge is -2.39. The first kappa shape index (κ1) is 20.5. The smallest absolute Gasteiger partial charge is 0.416 e. The van der Waals surface area contributed by atoms with Gasteiger partial charge in [0, 0.05) is 35.3 Å². The van der Waals surface area contributed by atoms with Crippen molar-refractivity contribution in [3.8, 4) is 11.8 Å². The van der Waals surface area contributed by atoms with Gasteiger partial charge in [0.25, 0.3) is 5.69 Å². The first-order valence-corrected chi connectivity index (χ1v) is 8.70. The summed E-state index contributed by atoms with van der Waals surface area (Å²) in [6.45, 7) is 4.89. The molecule has 9 heteroatoms.